The van der Waals surface area contributed by atoms with Gasteiger partial charge in [0.05, 0.1) is 17.7 Å². The minimum absolute atomic E-state index is 0.0446. The van der Waals surface area contributed by atoms with Crippen LogP contribution in [0.25, 0.3) is 0 Å². The van der Waals surface area contributed by atoms with Gasteiger partial charge in [-0.05, 0) is 22.5 Å². The smallest absolute Gasteiger partial charge is 0.240 e. The van der Waals surface area contributed by atoms with Crippen molar-refractivity contribution >= 4 is 23.6 Å². The van der Waals surface area contributed by atoms with Gasteiger partial charge in [-0.15, -0.1) is 11.8 Å². The summed E-state index contributed by atoms with van der Waals surface area (Å²) < 4.78 is 0. The molecule has 1 heterocycles. The van der Waals surface area contributed by atoms with Crippen LogP contribution in [0.15, 0.2) is 24.3 Å². The first kappa shape index (κ1) is 18.8. The Kier molecular flexibility index (Phi) is 5.97. The van der Waals surface area contributed by atoms with Crippen LogP contribution < -0.4 is 5.32 Å². The van der Waals surface area contributed by atoms with Crippen LogP contribution in [-0.4, -0.2) is 34.9 Å². The molecule has 1 saturated heterocycles. The standard InChI is InChI=1S/C19H28N2O2S/c1-13(2)18(14-6-8-15(9-7-14)19(3,4)5)20-16(22)10-21-12-24-11-17(21)23/h6-9,13,18H,10-12H2,1-5H3,(H,20,22)/t18-/m1/s1. The summed E-state index contributed by atoms with van der Waals surface area (Å²) in [6, 6.07) is 8.43. The first-order valence-corrected chi connectivity index (χ1v) is 9.59. The van der Waals surface area contributed by atoms with Gasteiger partial charge in [-0.3, -0.25) is 9.59 Å². The van der Waals surface area contributed by atoms with Crippen molar-refractivity contribution in [3.8, 4) is 0 Å². The monoisotopic (exact) mass is 348 g/mol. The molecule has 2 rings (SSSR count). The summed E-state index contributed by atoms with van der Waals surface area (Å²) in [7, 11) is 0. The fourth-order valence-electron chi connectivity index (χ4n) is 2.76. The Morgan fingerprint density at radius 3 is 2.33 bits per heavy atom. The average molecular weight is 349 g/mol. The second-order valence-electron chi connectivity index (χ2n) is 7.73. The van der Waals surface area contributed by atoms with Crippen LogP contribution in [0, 0.1) is 5.92 Å². The molecule has 1 fully saturated rings. The Morgan fingerprint density at radius 1 is 1.25 bits per heavy atom. The van der Waals surface area contributed by atoms with E-state index < -0.39 is 0 Å². The highest BCUT2D eigenvalue weighted by atomic mass is 32.2. The molecule has 0 saturated carbocycles. The number of amides is 2. The number of nitrogens with one attached hydrogen (secondary N) is 1. The molecule has 2 amide bonds. The fourth-order valence-corrected chi connectivity index (χ4v) is 3.66. The molecule has 1 aromatic carbocycles. The summed E-state index contributed by atoms with van der Waals surface area (Å²) in [6.45, 7) is 10.9. The zero-order chi connectivity index (χ0) is 17.9. The van der Waals surface area contributed by atoms with Crippen LogP contribution >= 0.6 is 11.8 Å². The molecule has 0 radical (unpaired) electrons. The molecule has 1 aliphatic heterocycles. The van der Waals surface area contributed by atoms with E-state index in [2.05, 4.69) is 64.2 Å². The summed E-state index contributed by atoms with van der Waals surface area (Å²) in [6.07, 6.45) is 0. The number of hydrogen-bond acceptors (Lipinski definition) is 3. The second-order valence-corrected chi connectivity index (χ2v) is 8.69. The van der Waals surface area contributed by atoms with E-state index in [-0.39, 0.29) is 35.7 Å². The van der Waals surface area contributed by atoms with Crippen LogP contribution in [0.1, 0.15) is 51.8 Å². The summed E-state index contributed by atoms with van der Waals surface area (Å²) in [5.41, 5.74) is 2.50. The minimum atomic E-state index is -0.0931. The molecule has 1 N–H and O–H groups in total. The van der Waals surface area contributed by atoms with Gasteiger partial charge in [0.2, 0.25) is 11.8 Å². The van der Waals surface area contributed by atoms with E-state index in [1.807, 2.05) is 0 Å². The fraction of sp³-hybridized carbons (Fsp3) is 0.579. The van der Waals surface area contributed by atoms with Gasteiger partial charge in [-0.2, -0.15) is 0 Å². The van der Waals surface area contributed by atoms with Crippen molar-refractivity contribution in [1.29, 1.82) is 0 Å². The lowest BCUT2D eigenvalue weighted by atomic mass is 9.85. The van der Waals surface area contributed by atoms with Crippen molar-refractivity contribution in [1.82, 2.24) is 10.2 Å². The molecule has 0 unspecified atom stereocenters. The number of rotatable bonds is 5. The summed E-state index contributed by atoms with van der Waals surface area (Å²) in [4.78, 5) is 25.6. The maximum absolute atomic E-state index is 12.3. The van der Waals surface area contributed by atoms with E-state index in [9.17, 15) is 9.59 Å². The molecule has 1 atom stereocenters. The van der Waals surface area contributed by atoms with E-state index in [0.29, 0.717) is 11.6 Å². The van der Waals surface area contributed by atoms with Crippen molar-refractivity contribution in [2.75, 3.05) is 18.2 Å². The van der Waals surface area contributed by atoms with Crippen LogP contribution in [0.5, 0.6) is 0 Å². The normalized spacial score (nSPS) is 16.6. The van der Waals surface area contributed by atoms with Gasteiger partial charge in [0.1, 0.15) is 6.54 Å². The van der Waals surface area contributed by atoms with E-state index in [1.165, 1.54) is 5.56 Å². The van der Waals surface area contributed by atoms with E-state index in [0.717, 1.165) is 5.56 Å². The second kappa shape index (κ2) is 7.60. The molecule has 0 aromatic heterocycles. The summed E-state index contributed by atoms with van der Waals surface area (Å²) in [5, 5.41) is 3.10. The predicted octanol–water partition coefficient (Wildman–Crippen LogP) is 3.33. The average Bonchev–Trinajstić information content (AvgIpc) is 2.89. The first-order valence-electron chi connectivity index (χ1n) is 8.44. The minimum Gasteiger partial charge on any atom is -0.347 e. The van der Waals surface area contributed by atoms with Gasteiger partial charge in [-0.25, -0.2) is 0 Å². The highest BCUT2D eigenvalue weighted by molar-refractivity contribution is 8.00. The number of hydrogen-bond donors (Lipinski definition) is 1. The van der Waals surface area contributed by atoms with E-state index in [1.54, 1.807) is 16.7 Å². The lowest BCUT2D eigenvalue weighted by molar-refractivity contribution is -0.132. The first-order chi connectivity index (χ1) is 11.2. The Hall–Kier alpha value is -1.49. The Morgan fingerprint density at radius 2 is 1.88 bits per heavy atom. The Labute approximate surface area is 149 Å². The van der Waals surface area contributed by atoms with E-state index in [4.69, 9.17) is 0 Å². The topological polar surface area (TPSA) is 49.4 Å². The number of carbonyl (C=O) groups excluding carboxylic acids is 2. The number of nitrogens with zero attached hydrogens (tertiary/aromatic N) is 1. The van der Waals surface area contributed by atoms with Gasteiger partial charge in [0.25, 0.3) is 0 Å². The van der Waals surface area contributed by atoms with Gasteiger partial charge in [-0.1, -0.05) is 58.9 Å². The highest BCUT2D eigenvalue weighted by Gasteiger charge is 2.25. The quantitative estimate of drug-likeness (QED) is 0.888. The molecule has 0 aliphatic carbocycles. The van der Waals surface area contributed by atoms with Crippen molar-refractivity contribution in [3.63, 3.8) is 0 Å². The van der Waals surface area contributed by atoms with E-state index >= 15 is 0 Å². The third-order valence-corrected chi connectivity index (χ3v) is 5.22. The molecule has 4 nitrogen and oxygen atoms in total. The molecule has 132 valence electrons. The van der Waals surface area contributed by atoms with Gasteiger partial charge < -0.3 is 10.2 Å². The third-order valence-electron chi connectivity index (χ3n) is 4.28. The van der Waals surface area contributed by atoms with Crippen molar-refractivity contribution < 1.29 is 9.59 Å². The highest BCUT2D eigenvalue weighted by Crippen LogP contribution is 2.27. The van der Waals surface area contributed by atoms with Gasteiger partial charge in [0.15, 0.2) is 0 Å². The lowest BCUT2D eigenvalue weighted by Crippen LogP contribution is -2.40. The predicted molar refractivity (Wildman–Crippen MR) is 99.9 cm³/mol. The zero-order valence-electron chi connectivity index (χ0n) is 15.3. The maximum Gasteiger partial charge on any atom is 0.240 e. The molecule has 1 aromatic rings. The van der Waals surface area contributed by atoms with Gasteiger partial charge in [0, 0.05) is 0 Å². The molecule has 24 heavy (non-hydrogen) atoms. The molecular weight excluding hydrogens is 320 g/mol. The lowest BCUT2D eigenvalue weighted by Gasteiger charge is -2.26. The SMILES string of the molecule is CC(C)[C@@H](NC(=O)CN1CSCC1=O)c1ccc(C(C)(C)C)cc1. The van der Waals surface area contributed by atoms with Crippen LogP contribution in [0.2, 0.25) is 0 Å². The molecular formula is C19H28N2O2S. The Balaban J connectivity index is 2.06. The van der Waals surface area contributed by atoms with Crippen LogP contribution in [0.4, 0.5) is 0 Å². The largest absolute Gasteiger partial charge is 0.347 e. The van der Waals surface area contributed by atoms with Crippen LogP contribution in [-0.2, 0) is 15.0 Å². The summed E-state index contributed by atoms with van der Waals surface area (Å²) >= 11 is 1.55. The third kappa shape index (κ3) is 4.76. The van der Waals surface area contributed by atoms with Crippen molar-refractivity contribution in [2.24, 2.45) is 5.92 Å². The molecule has 0 bridgehead atoms. The number of benzene rings is 1. The number of thioether (sulfide) groups is 1. The zero-order valence-corrected chi connectivity index (χ0v) is 16.1. The molecule has 1 aliphatic rings. The Bertz CT molecular complexity index is 590. The van der Waals surface area contributed by atoms with Crippen molar-refractivity contribution in [3.05, 3.63) is 35.4 Å². The van der Waals surface area contributed by atoms with Crippen LogP contribution in [0.3, 0.4) is 0 Å². The summed E-state index contributed by atoms with van der Waals surface area (Å²) in [5.74, 6) is 1.32. The number of carbonyl (C=O) groups is 2. The van der Waals surface area contributed by atoms with Crippen molar-refractivity contribution in [2.45, 2.75) is 46.1 Å². The molecule has 0 spiro atoms. The van der Waals surface area contributed by atoms with Gasteiger partial charge >= 0.3 is 0 Å². The maximum atomic E-state index is 12.3. The molecule has 5 heteroatoms.